The molecule has 0 fully saturated rings. The molecule has 3 rings (SSSR count). The van der Waals surface area contributed by atoms with Gasteiger partial charge in [-0.15, -0.1) is 0 Å². The molecule has 2 heterocycles. The maximum absolute atomic E-state index is 6.04. The van der Waals surface area contributed by atoms with Crippen molar-refractivity contribution in [3.05, 3.63) is 58.6 Å². The molecular weight excluding hydrogens is 293 g/mol. The van der Waals surface area contributed by atoms with Crippen molar-refractivity contribution in [3.63, 3.8) is 0 Å². The van der Waals surface area contributed by atoms with Crippen LogP contribution in [0.5, 0.6) is 0 Å². The molecule has 3 aromatic rings. The normalized spacial score (nSPS) is 11.1. The monoisotopic (exact) mass is 305 g/mol. The molecule has 0 N–H and O–H groups in total. The number of fused-ring (bicyclic) bond motifs is 1. The van der Waals surface area contributed by atoms with E-state index in [0.29, 0.717) is 5.15 Å². The molecule has 1 aromatic carbocycles. The Kier molecular flexibility index (Phi) is 3.90. The van der Waals surface area contributed by atoms with E-state index in [1.54, 1.807) is 0 Å². The van der Waals surface area contributed by atoms with Crippen LogP contribution < -0.4 is 0 Å². The Morgan fingerprint density at radius 3 is 2.85 bits per heavy atom. The van der Waals surface area contributed by atoms with Gasteiger partial charge >= 0.3 is 0 Å². The maximum Gasteiger partial charge on any atom is 0.144 e. The largest absolute Gasteiger partial charge is 0.332 e. The molecule has 0 aliphatic carbocycles. The molecule has 20 heavy (non-hydrogen) atoms. The number of hydrogen-bond donors (Lipinski definition) is 0. The lowest BCUT2D eigenvalue weighted by atomic mass is 10.1. The molecule has 0 bridgehead atoms. The summed E-state index contributed by atoms with van der Waals surface area (Å²) in [4.78, 5) is 8.27. The lowest BCUT2D eigenvalue weighted by Crippen LogP contribution is -1.99. The van der Waals surface area contributed by atoms with Crippen molar-refractivity contribution in [1.82, 2.24) is 14.5 Å². The SMILES string of the molecule is Clc1cccc(CCCn2ccc3c(Cl)ncnc32)c1. The Morgan fingerprint density at radius 2 is 2.00 bits per heavy atom. The fourth-order valence-electron chi connectivity index (χ4n) is 2.30. The van der Waals surface area contributed by atoms with Gasteiger partial charge in [0.15, 0.2) is 0 Å². The summed E-state index contributed by atoms with van der Waals surface area (Å²) in [7, 11) is 0. The smallest absolute Gasteiger partial charge is 0.144 e. The predicted molar refractivity (Wildman–Crippen MR) is 82.3 cm³/mol. The second-order valence-corrected chi connectivity index (χ2v) is 5.44. The zero-order valence-electron chi connectivity index (χ0n) is 10.8. The van der Waals surface area contributed by atoms with E-state index in [-0.39, 0.29) is 0 Å². The highest BCUT2D eigenvalue weighted by molar-refractivity contribution is 6.33. The molecule has 3 nitrogen and oxygen atoms in total. The number of rotatable bonds is 4. The molecular formula is C15H13Cl2N3. The molecule has 0 radical (unpaired) electrons. The van der Waals surface area contributed by atoms with E-state index in [1.807, 2.05) is 30.5 Å². The first-order chi connectivity index (χ1) is 9.74. The third-order valence-corrected chi connectivity index (χ3v) is 3.80. The zero-order valence-corrected chi connectivity index (χ0v) is 12.3. The van der Waals surface area contributed by atoms with Crippen LogP contribution in [-0.2, 0) is 13.0 Å². The minimum Gasteiger partial charge on any atom is -0.332 e. The number of nitrogens with zero attached hydrogens (tertiary/aromatic N) is 3. The first-order valence-corrected chi connectivity index (χ1v) is 7.19. The minimum atomic E-state index is 0.503. The standard InChI is InChI=1S/C15H13Cl2N3/c16-12-5-1-3-11(9-12)4-2-7-20-8-6-13-14(17)18-10-19-15(13)20/h1,3,5-6,8-10H,2,4,7H2. The number of aromatic nitrogens is 3. The zero-order chi connectivity index (χ0) is 13.9. The molecule has 0 amide bonds. The first-order valence-electron chi connectivity index (χ1n) is 6.44. The highest BCUT2D eigenvalue weighted by Crippen LogP contribution is 2.20. The molecule has 0 spiro atoms. The summed E-state index contributed by atoms with van der Waals surface area (Å²) in [6.07, 6.45) is 5.51. The minimum absolute atomic E-state index is 0.503. The molecule has 0 unspecified atom stereocenters. The van der Waals surface area contributed by atoms with Gasteiger partial charge in [-0.05, 0) is 36.6 Å². The summed E-state index contributed by atoms with van der Waals surface area (Å²) in [5.74, 6) is 0. The highest BCUT2D eigenvalue weighted by atomic mass is 35.5. The van der Waals surface area contributed by atoms with Crippen molar-refractivity contribution in [2.24, 2.45) is 0 Å². The average Bonchev–Trinajstić information content (AvgIpc) is 2.84. The number of aryl methyl sites for hydroxylation is 2. The van der Waals surface area contributed by atoms with E-state index in [0.717, 1.165) is 35.4 Å². The second kappa shape index (κ2) is 5.81. The topological polar surface area (TPSA) is 30.7 Å². The summed E-state index contributed by atoms with van der Waals surface area (Å²) in [6.45, 7) is 0.892. The first kappa shape index (κ1) is 13.4. The van der Waals surface area contributed by atoms with Gasteiger partial charge in [-0.1, -0.05) is 35.3 Å². The van der Waals surface area contributed by atoms with Crippen molar-refractivity contribution in [1.29, 1.82) is 0 Å². The van der Waals surface area contributed by atoms with Gasteiger partial charge in [0, 0.05) is 17.8 Å². The van der Waals surface area contributed by atoms with E-state index in [2.05, 4.69) is 20.6 Å². The van der Waals surface area contributed by atoms with Crippen LogP contribution in [0.25, 0.3) is 11.0 Å². The molecule has 0 saturated heterocycles. The summed E-state index contributed by atoms with van der Waals surface area (Å²) < 4.78 is 2.10. The van der Waals surface area contributed by atoms with Crippen molar-refractivity contribution < 1.29 is 0 Å². The van der Waals surface area contributed by atoms with Crippen LogP contribution >= 0.6 is 23.2 Å². The van der Waals surface area contributed by atoms with Gasteiger partial charge in [0.25, 0.3) is 0 Å². The third-order valence-electron chi connectivity index (χ3n) is 3.26. The van der Waals surface area contributed by atoms with Crippen molar-refractivity contribution in [3.8, 4) is 0 Å². The lowest BCUT2D eigenvalue weighted by molar-refractivity contribution is 0.657. The fraction of sp³-hybridized carbons (Fsp3) is 0.200. The summed E-state index contributed by atoms with van der Waals surface area (Å²) in [5.41, 5.74) is 2.14. The van der Waals surface area contributed by atoms with Gasteiger partial charge in [-0.2, -0.15) is 0 Å². The molecule has 0 aliphatic rings. The van der Waals surface area contributed by atoms with Gasteiger partial charge in [-0.3, -0.25) is 0 Å². The van der Waals surface area contributed by atoms with Crippen LogP contribution in [0.3, 0.4) is 0 Å². The van der Waals surface area contributed by atoms with Gasteiger partial charge in [0.2, 0.25) is 0 Å². The van der Waals surface area contributed by atoms with Crippen molar-refractivity contribution >= 4 is 34.2 Å². The van der Waals surface area contributed by atoms with Crippen LogP contribution in [0.15, 0.2) is 42.9 Å². The number of benzene rings is 1. The Hall–Kier alpha value is -1.58. The van der Waals surface area contributed by atoms with E-state index in [4.69, 9.17) is 23.2 Å². The van der Waals surface area contributed by atoms with E-state index < -0.39 is 0 Å². The molecule has 0 aliphatic heterocycles. The Labute approximate surface area is 127 Å². The fourth-order valence-corrected chi connectivity index (χ4v) is 2.70. The second-order valence-electron chi connectivity index (χ2n) is 4.64. The van der Waals surface area contributed by atoms with Crippen LogP contribution in [0.4, 0.5) is 0 Å². The van der Waals surface area contributed by atoms with Crippen LogP contribution in [0.1, 0.15) is 12.0 Å². The van der Waals surface area contributed by atoms with Crippen LogP contribution in [0.2, 0.25) is 10.2 Å². The van der Waals surface area contributed by atoms with Gasteiger partial charge in [0.05, 0.1) is 5.39 Å². The average molecular weight is 306 g/mol. The number of hydrogen-bond acceptors (Lipinski definition) is 2. The van der Waals surface area contributed by atoms with Gasteiger partial charge in [0.1, 0.15) is 17.1 Å². The van der Waals surface area contributed by atoms with Crippen LogP contribution in [-0.4, -0.2) is 14.5 Å². The highest BCUT2D eigenvalue weighted by Gasteiger charge is 2.06. The molecule has 0 atom stereocenters. The Morgan fingerprint density at radius 1 is 1.10 bits per heavy atom. The Balaban J connectivity index is 1.70. The number of halogens is 2. The van der Waals surface area contributed by atoms with Crippen molar-refractivity contribution in [2.75, 3.05) is 0 Å². The Bertz CT molecular complexity index is 737. The van der Waals surface area contributed by atoms with E-state index in [1.165, 1.54) is 11.9 Å². The summed E-state index contributed by atoms with van der Waals surface area (Å²) in [6, 6.07) is 9.93. The van der Waals surface area contributed by atoms with Crippen molar-refractivity contribution in [2.45, 2.75) is 19.4 Å². The van der Waals surface area contributed by atoms with Crippen LogP contribution in [0, 0.1) is 0 Å². The molecule has 2 aromatic heterocycles. The maximum atomic E-state index is 6.04. The predicted octanol–water partition coefficient (Wildman–Crippen LogP) is 4.37. The third kappa shape index (κ3) is 2.79. The molecule has 5 heteroatoms. The van der Waals surface area contributed by atoms with Gasteiger partial charge < -0.3 is 4.57 Å². The quantitative estimate of drug-likeness (QED) is 0.670. The van der Waals surface area contributed by atoms with E-state index in [9.17, 15) is 0 Å². The summed E-state index contributed by atoms with van der Waals surface area (Å²) in [5, 5.41) is 2.19. The summed E-state index contributed by atoms with van der Waals surface area (Å²) >= 11 is 12.0. The molecule has 0 saturated carbocycles. The van der Waals surface area contributed by atoms with E-state index >= 15 is 0 Å². The lowest BCUT2D eigenvalue weighted by Gasteiger charge is -2.05. The molecule has 102 valence electrons. The van der Waals surface area contributed by atoms with Gasteiger partial charge in [-0.25, -0.2) is 9.97 Å².